The van der Waals surface area contributed by atoms with Crippen LogP contribution in [0.4, 0.5) is 28.9 Å². The van der Waals surface area contributed by atoms with Gasteiger partial charge in [-0.1, -0.05) is 32.0 Å². The lowest BCUT2D eigenvalue weighted by atomic mass is 9.95. The van der Waals surface area contributed by atoms with Gasteiger partial charge in [0.2, 0.25) is 0 Å². The van der Waals surface area contributed by atoms with E-state index in [1.165, 1.54) is 13.0 Å². The molecule has 0 unspecified atom stereocenters. The third kappa shape index (κ3) is 7.59. The fourth-order valence-corrected chi connectivity index (χ4v) is 6.09. The van der Waals surface area contributed by atoms with Gasteiger partial charge in [0.25, 0.3) is 11.5 Å². The number of fused-ring (bicyclic) bond motifs is 1. The molecule has 2 aromatic heterocycles. The van der Waals surface area contributed by atoms with Crippen molar-refractivity contribution in [1.82, 2.24) is 14.9 Å². The van der Waals surface area contributed by atoms with E-state index in [1.54, 1.807) is 48.1 Å². The molecule has 0 saturated carbocycles. The number of ether oxygens (including phenoxy) is 1. The van der Waals surface area contributed by atoms with Crippen molar-refractivity contribution in [3.8, 4) is 11.1 Å². The molecular weight excluding hydrogens is 658 g/mol. The van der Waals surface area contributed by atoms with Crippen molar-refractivity contribution in [3.63, 3.8) is 0 Å². The third-order valence-electron chi connectivity index (χ3n) is 8.69. The van der Waals surface area contributed by atoms with Gasteiger partial charge in [0.05, 0.1) is 35.5 Å². The number of benzene rings is 2. The molecule has 0 bridgehead atoms. The lowest BCUT2D eigenvalue weighted by Gasteiger charge is -2.38. The Bertz CT molecular complexity index is 1940. The van der Waals surface area contributed by atoms with E-state index < -0.39 is 48.1 Å². The summed E-state index contributed by atoms with van der Waals surface area (Å²) in [6.07, 6.45) is -3.28. The van der Waals surface area contributed by atoms with Gasteiger partial charge in [0.1, 0.15) is 17.9 Å². The maximum absolute atomic E-state index is 15.4. The van der Waals surface area contributed by atoms with Gasteiger partial charge in [-0.05, 0) is 49.2 Å². The summed E-state index contributed by atoms with van der Waals surface area (Å²) >= 11 is 0. The van der Waals surface area contributed by atoms with Gasteiger partial charge in [-0.2, -0.15) is 13.2 Å². The normalized spacial score (nSPS) is 15.3. The van der Waals surface area contributed by atoms with Crippen LogP contribution in [0.25, 0.3) is 22.0 Å². The number of nitrogens with zero attached hydrogens (tertiary/aromatic N) is 4. The van der Waals surface area contributed by atoms with E-state index >= 15 is 4.39 Å². The minimum absolute atomic E-state index is 0.0136. The van der Waals surface area contributed by atoms with Crippen molar-refractivity contribution in [1.29, 1.82) is 0 Å². The predicted molar refractivity (Wildman–Crippen MR) is 185 cm³/mol. The minimum Gasteiger partial charge on any atom is -0.480 e. The molecule has 2 aromatic carbocycles. The molecule has 50 heavy (non-hydrogen) atoms. The molecule has 3 heterocycles. The summed E-state index contributed by atoms with van der Waals surface area (Å²) in [4.78, 5) is 46.4. The average molecular weight is 700 g/mol. The highest BCUT2D eigenvalue weighted by molar-refractivity contribution is 5.99. The molecule has 4 aromatic rings. The monoisotopic (exact) mass is 699 g/mol. The lowest BCUT2D eigenvalue weighted by molar-refractivity contribution is -0.167. The van der Waals surface area contributed by atoms with Gasteiger partial charge in [0.15, 0.2) is 0 Å². The average Bonchev–Trinajstić information content (AvgIpc) is 3.07. The van der Waals surface area contributed by atoms with Crippen LogP contribution in [0.3, 0.4) is 0 Å². The van der Waals surface area contributed by atoms with Crippen LogP contribution in [0.15, 0.2) is 53.5 Å². The minimum atomic E-state index is -4.63. The second-order valence-electron chi connectivity index (χ2n) is 12.0. The highest BCUT2D eigenvalue weighted by Gasteiger charge is 2.45. The quantitative estimate of drug-likeness (QED) is 0.227. The van der Waals surface area contributed by atoms with Crippen LogP contribution in [0, 0.1) is 19.7 Å². The summed E-state index contributed by atoms with van der Waals surface area (Å²) < 4.78 is 62.8. The highest BCUT2D eigenvalue weighted by atomic mass is 19.4. The Balaban J connectivity index is 0.00000276. The van der Waals surface area contributed by atoms with Crippen molar-refractivity contribution in [2.45, 2.75) is 52.4 Å². The maximum Gasteiger partial charge on any atom is 0.411 e. The van der Waals surface area contributed by atoms with E-state index in [2.05, 4.69) is 10.3 Å². The predicted octanol–water partition coefficient (Wildman–Crippen LogP) is 5.64. The number of hydrogen-bond donors (Lipinski definition) is 2. The summed E-state index contributed by atoms with van der Waals surface area (Å²) in [7, 11) is 5.41. The van der Waals surface area contributed by atoms with E-state index in [9.17, 15) is 32.7 Å². The lowest BCUT2D eigenvalue weighted by Crippen LogP contribution is -2.53. The van der Waals surface area contributed by atoms with E-state index in [1.807, 2.05) is 39.8 Å². The molecule has 14 heteroatoms. The summed E-state index contributed by atoms with van der Waals surface area (Å²) in [5.41, 5.74) is 2.76. The number of nitrogens with one attached hydrogen (secondary N) is 1. The molecule has 1 aliphatic rings. The number of carboxylic acids is 1. The van der Waals surface area contributed by atoms with Gasteiger partial charge >= 0.3 is 12.1 Å². The Morgan fingerprint density at radius 2 is 1.82 bits per heavy atom. The molecule has 1 amide bonds. The first-order valence-corrected chi connectivity index (χ1v) is 16.1. The molecule has 10 nitrogen and oxygen atoms in total. The first-order chi connectivity index (χ1) is 23.6. The number of amides is 1. The number of aryl methyl sites for hydroxylation is 1. The number of pyridine rings is 2. The number of halogens is 4. The van der Waals surface area contributed by atoms with Crippen molar-refractivity contribution in [3.05, 3.63) is 87.2 Å². The zero-order chi connectivity index (χ0) is 37.1. The van der Waals surface area contributed by atoms with Gasteiger partial charge in [-0.25, -0.2) is 9.18 Å². The molecule has 1 aliphatic heterocycles. The number of alkyl halides is 3. The van der Waals surface area contributed by atoms with Gasteiger partial charge < -0.3 is 29.5 Å². The third-order valence-corrected chi connectivity index (χ3v) is 8.69. The number of carbonyl (C=O) groups is 2. The van der Waals surface area contributed by atoms with Crippen molar-refractivity contribution < 1.29 is 37.0 Å². The van der Waals surface area contributed by atoms with E-state index in [4.69, 9.17) is 4.74 Å². The molecule has 0 radical (unpaired) electrons. The smallest absolute Gasteiger partial charge is 0.411 e. The number of carbonyl (C=O) groups excluding carboxylic acids is 1. The summed E-state index contributed by atoms with van der Waals surface area (Å²) in [6, 6.07) is 7.15. The van der Waals surface area contributed by atoms with Gasteiger partial charge in [-0.15, -0.1) is 0 Å². The topological polar surface area (TPSA) is 117 Å². The van der Waals surface area contributed by atoms with Crippen molar-refractivity contribution in [2.24, 2.45) is 7.05 Å². The zero-order valence-corrected chi connectivity index (χ0v) is 29.0. The van der Waals surface area contributed by atoms with Crippen LogP contribution < -0.4 is 20.7 Å². The SMILES string of the molecule is CC.Cc1cc(N2CCOC[C@@H]2C(F)(F)F)cc(F)c1C(=O)N[C@@H](Cc1ccc(-c2cc(N(C)C)c(C)n(C)c2=O)c2ncccc12)C(=O)O. The van der Waals surface area contributed by atoms with Crippen LogP contribution >= 0.6 is 0 Å². The molecule has 2 N–H and O–H groups in total. The summed E-state index contributed by atoms with van der Waals surface area (Å²) in [5, 5.41) is 13.0. The molecule has 0 aliphatic carbocycles. The number of rotatable bonds is 8. The molecule has 2 atom stereocenters. The highest BCUT2D eigenvalue weighted by Crippen LogP contribution is 2.34. The van der Waals surface area contributed by atoms with Crippen LogP contribution in [-0.4, -0.2) is 78.6 Å². The largest absolute Gasteiger partial charge is 0.480 e. The number of morpholine rings is 1. The molecule has 1 saturated heterocycles. The Labute approximate surface area is 287 Å². The first-order valence-electron chi connectivity index (χ1n) is 16.1. The second kappa shape index (κ2) is 15.3. The molecular formula is C36H41F4N5O5. The maximum atomic E-state index is 15.4. The van der Waals surface area contributed by atoms with Crippen LogP contribution in [-0.2, 0) is 23.0 Å². The molecule has 268 valence electrons. The fraction of sp³-hybridized carbons (Fsp3) is 0.389. The number of carboxylic acid groups (broad SMARTS) is 1. The van der Waals surface area contributed by atoms with Crippen LogP contribution in [0.1, 0.15) is 41.0 Å². The molecule has 5 rings (SSSR count). The molecule has 0 spiro atoms. The Kier molecular flexibility index (Phi) is 11.6. The fourth-order valence-electron chi connectivity index (χ4n) is 6.09. The number of aromatic nitrogens is 2. The second-order valence-corrected chi connectivity index (χ2v) is 12.0. The van der Waals surface area contributed by atoms with Gasteiger partial charge in [0, 0.05) is 62.6 Å². The van der Waals surface area contributed by atoms with Crippen molar-refractivity contribution >= 4 is 34.2 Å². The summed E-state index contributed by atoms with van der Waals surface area (Å²) in [6.45, 7) is 6.48. The van der Waals surface area contributed by atoms with Crippen LogP contribution in [0.2, 0.25) is 0 Å². The van der Waals surface area contributed by atoms with Crippen molar-refractivity contribution in [2.75, 3.05) is 43.7 Å². The zero-order valence-electron chi connectivity index (χ0n) is 29.0. The van der Waals surface area contributed by atoms with Gasteiger partial charge in [-0.3, -0.25) is 14.6 Å². The number of anilines is 2. The van der Waals surface area contributed by atoms with E-state index in [-0.39, 0.29) is 36.4 Å². The van der Waals surface area contributed by atoms with E-state index in [0.717, 1.165) is 22.3 Å². The number of aliphatic carboxylic acids is 1. The summed E-state index contributed by atoms with van der Waals surface area (Å²) in [5.74, 6) is -3.50. The standard InChI is InChI=1S/C34H35F4N5O5.C2H6/c1-18-13-21(43-11-12-48-17-28(43)34(36,37)38)15-25(35)29(18)31(44)40-26(33(46)47)14-20-8-9-23(30-22(20)7-6-10-39-30)24-16-27(41(3)4)19(2)42(5)32(24)45;1-2/h6-10,13,15-16,26,28H,11-12,14,17H2,1-5H3,(H,40,44)(H,46,47);1-2H3/t26-,28+;/m0./s1. The van der Waals surface area contributed by atoms with E-state index in [0.29, 0.717) is 27.6 Å². The Morgan fingerprint density at radius 1 is 1.12 bits per heavy atom. The Hall–Kier alpha value is -4.98. The first kappa shape index (κ1) is 37.8. The van der Waals surface area contributed by atoms with Crippen LogP contribution in [0.5, 0.6) is 0 Å². The molecule has 1 fully saturated rings. The number of hydrogen-bond acceptors (Lipinski definition) is 7. The Morgan fingerprint density at radius 3 is 2.44 bits per heavy atom.